The minimum absolute atomic E-state index is 0.193. The number of fused-ring (bicyclic) bond motifs is 7. The van der Waals surface area contributed by atoms with E-state index in [9.17, 15) is 9.59 Å². The van der Waals surface area contributed by atoms with E-state index >= 15 is 0 Å². The Bertz CT molecular complexity index is 677. The van der Waals surface area contributed by atoms with Gasteiger partial charge in [0.1, 0.15) is 24.9 Å². The first kappa shape index (κ1) is 12.1. The minimum Gasteiger partial charge on any atom is -0.476 e. The first-order valence-corrected chi connectivity index (χ1v) is 6.44. The van der Waals surface area contributed by atoms with Crippen LogP contribution in [0.15, 0.2) is 15.7 Å². The molecule has 4 rings (SSSR count). The fourth-order valence-electron chi connectivity index (χ4n) is 3.00. The SMILES string of the molecule is CC1(C)O[C@@H]2[C@H](O1)[C@H]1COc3cc(=O)[nH]c(=O)n3[C@@H]2O1. The van der Waals surface area contributed by atoms with Crippen LogP contribution in [0.3, 0.4) is 0 Å². The maximum atomic E-state index is 12.0. The van der Waals surface area contributed by atoms with E-state index in [-0.39, 0.29) is 24.7 Å². The van der Waals surface area contributed by atoms with Crippen LogP contribution in [0.4, 0.5) is 0 Å². The lowest BCUT2D eigenvalue weighted by Crippen LogP contribution is -2.39. The van der Waals surface area contributed by atoms with Gasteiger partial charge < -0.3 is 18.9 Å². The van der Waals surface area contributed by atoms with Crippen molar-refractivity contribution in [2.24, 2.45) is 0 Å². The highest BCUT2D eigenvalue weighted by Gasteiger charge is 2.57. The molecular weight excluding hydrogens is 268 g/mol. The second-order valence-corrected chi connectivity index (χ2v) is 5.59. The summed E-state index contributed by atoms with van der Waals surface area (Å²) in [5.41, 5.74) is -1.08. The average molecular weight is 282 g/mol. The number of H-pyrrole nitrogens is 1. The molecule has 4 heterocycles. The molecule has 8 nitrogen and oxygen atoms in total. The van der Waals surface area contributed by atoms with Gasteiger partial charge in [0.15, 0.2) is 12.0 Å². The number of ether oxygens (including phenoxy) is 4. The zero-order valence-corrected chi connectivity index (χ0v) is 11.0. The fraction of sp³-hybridized carbons (Fsp3) is 0.667. The monoisotopic (exact) mass is 282 g/mol. The van der Waals surface area contributed by atoms with Crippen LogP contribution in [0.5, 0.6) is 5.88 Å². The second kappa shape index (κ2) is 3.72. The number of nitrogens with one attached hydrogen (secondary N) is 1. The van der Waals surface area contributed by atoms with E-state index in [1.807, 2.05) is 13.8 Å². The molecule has 1 N–H and O–H groups in total. The third-order valence-corrected chi connectivity index (χ3v) is 3.72. The number of hydrogen-bond acceptors (Lipinski definition) is 6. The Morgan fingerprint density at radius 3 is 2.85 bits per heavy atom. The maximum Gasteiger partial charge on any atom is 0.333 e. The van der Waals surface area contributed by atoms with Gasteiger partial charge in [-0.2, -0.15) is 0 Å². The molecule has 3 aliphatic heterocycles. The first-order valence-electron chi connectivity index (χ1n) is 6.44. The lowest BCUT2D eigenvalue weighted by molar-refractivity contribution is -0.195. The molecule has 0 radical (unpaired) electrons. The Kier molecular flexibility index (Phi) is 2.25. The van der Waals surface area contributed by atoms with Gasteiger partial charge in [0, 0.05) is 0 Å². The Morgan fingerprint density at radius 2 is 2.05 bits per heavy atom. The van der Waals surface area contributed by atoms with Gasteiger partial charge >= 0.3 is 5.69 Å². The van der Waals surface area contributed by atoms with E-state index in [2.05, 4.69) is 4.98 Å². The largest absolute Gasteiger partial charge is 0.476 e. The molecule has 108 valence electrons. The van der Waals surface area contributed by atoms with Crippen LogP contribution >= 0.6 is 0 Å². The summed E-state index contributed by atoms with van der Waals surface area (Å²) >= 11 is 0. The summed E-state index contributed by atoms with van der Waals surface area (Å²) in [4.78, 5) is 25.6. The van der Waals surface area contributed by atoms with Crippen molar-refractivity contribution >= 4 is 0 Å². The highest BCUT2D eigenvalue weighted by molar-refractivity contribution is 5.14. The highest BCUT2D eigenvalue weighted by Crippen LogP contribution is 2.44. The molecule has 0 saturated carbocycles. The molecule has 2 bridgehead atoms. The molecule has 2 fully saturated rings. The molecule has 0 aromatic carbocycles. The third-order valence-electron chi connectivity index (χ3n) is 3.72. The lowest BCUT2D eigenvalue weighted by atomic mass is 10.1. The molecule has 0 aliphatic carbocycles. The number of aromatic nitrogens is 2. The molecule has 0 spiro atoms. The van der Waals surface area contributed by atoms with Crippen molar-refractivity contribution in [1.29, 1.82) is 0 Å². The van der Waals surface area contributed by atoms with Crippen molar-refractivity contribution in [2.75, 3.05) is 6.61 Å². The van der Waals surface area contributed by atoms with E-state index in [0.717, 1.165) is 0 Å². The maximum absolute atomic E-state index is 12.0. The van der Waals surface area contributed by atoms with E-state index < -0.39 is 29.4 Å². The average Bonchev–Trinajstić information content (AvgIpc) is 2.72. The summed E-state index contributed by atoms with van der Waals surface area (Å²) in [5.74, 6) is -0.538. The zero-order valence-electron chi connectivity index (χ0n) is 11.0. The van der Waals surface area contributed by atoms with Gasteiger partial charge in [0.05, 0.1) is 6.07 Å². The van der Waals surface area contributed by atoms with Crippen molar-refractivity contribution in [1.82, 2.24) is 9.55 Å². The molecule has 0 unspecified atom stereocenters. The van der Waals surface area contributed by atoms with Gasteiger partial charge in [-0.25, -0.2) is 9.36 Å². The number of hydrogen-bond donors (Lipinski definition) is 1. The van der Waals surface area contributed by atoms with Gasteiger partial charge in [-0.05, 0) is 13.8 Å². The number of aromatic amines is 1. The van der Waals surface area contributed by atoms with Crippen molar-refractivity contribution in [3.05, 3.63) is 26.9 Å². The molecule has 8 heteroatoms. The smallest absolute Gasteiger partial charge is 0.333 e. The first-order chi connectivity index (χ1) is 9.44. The number of nitrogens with zero attached hydrogens (tertiary/aromatic N) is 1. The molecule has 0 amide bonds. The van der Waals surface area contributed by atoms with Crippen LogP contribution in [-0.2, 0) is 14.2 Å². The molecule has 4 atom stereocenters. The van der Waals surface area contributed by atoms with Gasteiger partial charge in [0.25, 0.3) is 5.56 Å². The van der Waals surface area contributed by atoms with E-state index in [1.165, 1.54) is 10.6 Å². The Morgan fingerprint density at radius 1 is 1.30 bits per heavy atom. The van der Waals surface area contributed by atoms with E-state index in [0.29, 0.717) is 0 Å². The second-order valence-electron chi connectivity index (χ2n) is 5.59. The molecule has 3 aliphatic rings. The van der Waals surface area contributed by atoms with Crippen molar-refractivity contribution in [3.63, 3.8) is 0 Å². The molecule has 1 aromatic rings. The van der Waals surface area contributed by atoms with Crippen molar-refractivity contribution < 1.29 is 18.9 Å². The molecule has 2 saturated heterocycles. The summed E-state index contributed by atoms with van der Waals surface area (Å²) in [6.45, 7) is 3.84. The highest BCUT2D eigenvalue weighted by atomic mass is 16.8. The summed E-state index contributed by atoms with van der Waals surface area (Å²) in [6, 6.07) is 1.24. The number of rotatable bonds is 0. The third kappa shape index (κ3) is 1.58. The topological polar surface area (TPSA) is 91.8 Å². The van der Waals surface area contributed by atoms with Crippen molar-refractivity contribution in [3.8, 4) is 5.88 Å². The van der Waals surface area contributed by atoms with E-state index in [1.54, 1.807) is 0 Å². The quantitative estimate of drug-likeness (QED) is 0.679. The van der Waals surface area contributed by atoms with Gasteiger partial charge in [0.2, 0.25) is 5.88 Å². The van der Waals surface area contributed by atoms with Gasteiger partial charge in [-0.15, -0.1) is 0 Å². The Labute approximate surface area is 113 Å². The summed E-state index contributed by atoms with van der Waals surface area (Å²) in [7, 11) is 0. The minimum atomic E-state index is -0.730. The van der Waals surface area contributed by atoms with Crippen LogP contribution in [0, 0.1) is 0 Å². The predicted octanol–water partition coefficient (Wildman–Crippen LogP) is -0.653. The molecule has 20 heavy (non-hydrogen) atoms. The molecule has 1 aromatic heterocycles. The van der Waals surface area contributed by atoms with Gasteiger partial charge in [-0.3, -0.25) is 9.78 Å². The predicted molar refractivity (Wildman–Crippen MR) is 64.6 cm³/mol. The van der Waals surface area contributed by atoms with Crippen LogP contribution < -0.4 is 16.0 Å². The summed E-state index contributed by atoms with van der Waals surface area (Å²) in [5, 5.41) is 0. The van der Waals surface area contributed by atoms with Crippen LogP contribution in [0.1, 0.15) is 20.1 Å². The normalized spacial score (nSPS) is 36.9. The molecular formula is C12H14N2O6. The lowest BCUT2D eigenvalue weighted by Gasteiger charge is -2.22. The summed E-state index contributed by atoms with van der Waals surface area (Å²) in [6.07, 6.45) is -1.68. The van der Waals surface area contributed by atoms with Crippen LogP contribution in [0.25, 0.3) is 0 Å². The summed E-state index contributed by atoms with van der Waals surface area (Å²) < 4.78 is 24.2. The van der Waals surface area contributed by atoms with Gasteiger partial charge in [-0.1, -0.05) is 0 Å². The van der Waals surface area contributed by atoms with E-state index in [4.69, 9.17) is 18.9 Å². The van der Waals surface area contributed by atoms with Crippen LogP contribution in [-0.4, -0.2) is 40.3 Å². The Hall–Kier alpha value is -1.64. The van der Waals surface area contributed by atoms with Crippen LogP contribution in [0.2, 0.25) is 0 Å². The Balaban J connectivity index is 1.85. The van der Waals surface area contributed by atoms with Crippen molar-refractivity contribution in [2.45, 2.75) is 44.2 Å². The fourth-order valence-corrected chi connectivity index (χ4v) is 3.00. The standard InChI is InChI=1S/C12H14N2O6/c1-12(2)19-8-5-4-17-7-3-6(15)13-11(16)14(7)10(18-5)9(8)20-12/h3,5,8-10H,4H2,1-2H3,(H,13,15,16)/t5-,8-,9-,10-/m1/s1. The zero-order chi connectivity index (χ0) is 14.1.